The molecule has 1 N–H and O–H groups in total. The largest absolute Gasteiger partial charge is 0.482 e. The number of rotatable bonds is 4. The van der Waals surface area contributed by atoms with Gasteiger partial charge in [-0.2, -0.15) is 10.4 Å². The maximum Gasteiger partial charge on any atom is 0.262 e. The number of aromatic nitrogens is 1. The molecular formula is C26H17Cl2N5O2S. The Morgan fingerprint density at radius 3 is 2.67 bits per heavy atom. The fraction of sp³-hybridized carbons (Fsp3) is 0.0769. The number of nitrogens with one attached hydrogen (secondary N) is 1. The number of nitriles is 1. The molecule has 1 aliphatic heterocycles. The summed E-state index contributed by atoms with van der Waals surface area (Å²) in [6.45, 7) is 1.88. The lowest BCUT2D eigenvalue weighted by Crippen LogP contribution is -2.25. The van der Waals surface area contributed by atoms with Crippen LogP contribution in [0.1, 0.15) is 18.1 Å². The van der Waals surface area contributed by atoms with E-state index in [0.29, 0.717) is 37.5 Å². The molecule has 0 aliphatic carbocycles. The molecule has 1 amide bonds. The van der Waals surface area contributed by atoms with Crippen LogP contribution in [-0.4, -0.2) is 22.9 Å². The van der Waals surface area contributed by atoms with Gasteiger partial charge in [0.05, 0.1) is 44.5 Å². The van der Waals surface area contributed by atoms with E-state index < -0.39 is 0 Å². The number of halogens is 2. The van der Waals surface area contributed by atoms with Crippen LogP contribution in [0.2, 0.25) is 10.0 Å². The topological polar surface area (TPSA) is 91.8 Å². The number of hydrogen-bond donors (Lipinski definition) is 1. The molecule has 10 heteroatoms. The fourth-order valence-corrected chi connectivity index (χ4v) is 4.72. The molecule has 2 heterocycles. The molecule has 0 fully saturated rings. The van der Waals surface area contributed by atoms with Crippen molar-refractivity contribution in [2.24, 2.45) is 10.1 Å². The lowest BCUT2D eigenvalue weighted by Gasteiger charge is -2.18. The van der Waals surface area contributed by atoms with Crippen LogP contribution < -0.4 is 14.9 Å². The number of fused-ring (bicyclic) bond motifs is 1. The van der Waals surface area contributed by atoms with Crippen molar-refractivity contribution in [3.63, 3.8) is 0 Å². The first-order valence-electron chi connectivity index (χ1n) is 10.7. The highest BCUT2D eigenvalue weighted by Crippen LogP contribution is 2.33. The van der Waals surface area contributed by atoms with Gasteiger partial charge in [0.25, 0.3) is 5.91 Å². The second kappa shape index (κ2) is 9.99. The zero-order chi connectivity index (χ0) is 25.2. The van der Waals surface area contributed by atoms with Gasteiger partial charge in [0.2, 0.25) is 4.80 Å². The van der Waals surface area contributed by atoms with Crippen molar-refractivity contribution in [3.8, 4) is 23.1 Å². The van der Waals surface area contributed by atoms with Crippen molar-refractivity contribution in [1.29, 1.82) is 5.26 Å². The number of anilines is 1. The number of nitrogens with zero attached hydrogens (tertiary/aromatic N) is 4. The monoisotopic (exact) mass is 533 g/mol. The van der Waals surface area contributed by atoms with Crippen LogP contribution >= 0.6 is 34.5 Å². The highest BCUT2D eigenvalue weighted by atomic mass is 35.5. The van der Waals surface area contributed by atoms with Gasteiger partial charge in [0.1, 0.15) is 5.75 Å². The second-order valence-electron chi connectivity index (χ2n) is 7.85. The molecule has 0 atom stereocenters. The summed E-state index contributed by atoms with van der Waals surface area (Å²) >= 11 is 13.7. The Morgan fingerprint density at radius 1 is 1.11 bits per heavy atom. The summed E-state index contributed by atoms with van der Waals surface area (Å²) < 4.78 is 7.24. The number of thiazole rings is 1. The van der Waals surface area contributed by atoms with Crippen molar-refractivity contribution in [1.82, 2.24) is 4.68 Å². The number of carbonyl (C=O) groups is 1. The first-order valence-corrected chi connectivity index (χ1v) is 12.4. The lowest BCUT2D eigenvalue weighted by atomic mass is 10.1. The van der Waals surface area contributed by atoms with E-state index >= 15 is 0 Å². The summed E-state index contributed by atoms with van der Waals surface area (Å²) in [5.74, 6) is 0.404. The van der Waals surface area contributed by atoms with Gasteiger partial charge in [-0.3, -0.25) is 4.79 Å². The molecule has 0 saturated carbocycles. The minimum absolute atomic E-state index is 0.00838. The van der Waals surface area contributed by atoms with Gasteiger partial charge in [-0.25, -0.2) is 9.67 Å². The Kier molecular flexibility index (Phi) is 6.61. The highest BCUT2D eigenvalue weighted by molar-refractivity contribution is 7.07. The fourth-order valence-electron chi connectivity index (χ4n) is 3.57. The smallest absolute Gasteiger partial charge is 0.262 e. The van der Waals surface area contributed by atoms with E-state index in [1.165, 1.54) is 11.3 Å². The SMILES string of the molecule is CC(=Nn1c(-c2ccc3c(c2)NC(=O)CO3)csc1=Nc1ccc(Cl)c(Cl)c1)c1ccc(C#N)cc1. The third kappa shape index (κ3) is 4.90. The number of carbonyl (C=O) groups excluding carboxylic acids is 1. The van der Waals surface area contributed by atoms with E-state index in [2.05, 4.69) is 11.4 Å². The molecule has 4 aromatic rings. The molecule has 0 radical (unpaired) electrons. The number of ether oxygens (including phenoxy) is 1. The van der Waals surface area contributed by atoms with Crippen molar-refractivity contribution in [3.05, 3.63) is 92.0 Å². The molecular weight excluding hydrogens is 517 g/mol. The summed E-state index contributed by atoms with van der Waals surface area (Å²) in [6, 6.07) is 20.1. The zero-order valence-electron chi connectivity index (χ0n) is 18.8. The van der Waals surface area contributed by atoms with Crippen LogP contribution in [0, 0.1) is 11.3 Å². The predicted molar refractivity (Wildman–Crippen MR) is 142 cm³/mol. The van der Waals surface area contributed by atoms with Crippen molar-refractivity contribution < 1.29 is 9.53 Å². The van der Waals surface area contributed by atoms with Gasteiger partial charge in [-0.1, -0.05) is 35.3 Å². The Balaban J connectivity index is 1.66. The van der Waals surface area contributed by atoms with Crippen molar-refractivity contribution in [2.45, 2.75) is 6.92 Å². The molecule has 5 rings (SSSR count). The molecule has 36 heavy (non-hydrogen) atoms. The van der Waals surface area contributed by atoms with Gasteiger partial charge >= 0.3 is 0 Å². The third-order valence-corrected chi connectivity index (χ3v) is 6.96. The summed E-state index contributed by atoms with van der Waals surface area (Å²) in [5.41, 5.74) is 4.98. The van der Waals surface area contributed by atoms with Crippen molar-refractivity contribution in [2.75, 3.05) is 11.9 Å². The van der Waals surface area contributed by atoms with E-state index in [1.54, 1.807) is 35.0 Å². The molecule has 178 valence electrons. The van der Waals surface area contributed by atoms with Gasteiger partial charge in [0, 0.05) is 10.9 Å². The average Bonchev–Trinajstić information content (AvgIpc) is 3.27. The number of benzene rings is 3. The summed E-state index contributed by atoms with van der Waals surface area (Å²) in [6.07, 6.45) is 0. The van der Waals surface area contributed by atoms with E-state index in [9.17, 15) is 4.79 Å². The van der Waals surface area contributed by atoms with Crippen LogP contribution in [0.5, 0.6) is 5.75 Å². The van der Waals surface area contributed by atoms with Gasteiger partial charge < -0.3 is 10.1 Å². The first kappa shape index (κ1) is 23.8. The Bertz CT molecular complexity index is 1630. The average molecular weight is 534 g/mol. The minimum Gasteiger partial charge on any atom is -0.482 e. The summed E-state index contributed by atoms with van der Waals surface area (Å²) in [5, 5.41) is 19.6. The maximum atomic E-state index is 11.8. The first-order chi connectivity index (χ1) is 17.4. The van der Waals surface area contributed by atoms with Crippen molar-refractivity contribution >= 4 is 57.5 Å². The van der Waals surface area contributed by atoms with Gasteiger partial charge in [0.15, 0.2) is 6.61 Å². The highest BCUT2D eigenvalue weighted by Gasteiger charge is 2.18. The molecule has 1 aromatic heterocycles. The lowest BCUT2D eigenvalue weighted by molar-refractivity contribution is -0.118. The molecule has 0 saturated heterocycles. The summed E-state index contributed by atoms with van der Waals surface area (Å²) in [7, 11) is 0. The minimum atomic E-state index is -0.206. The van der Waals surface area contributed by atoms with E-state index in [1.807, 2.05) is 42.6 Å². The molecule has 1 aliphatic rings. The van der Waals surface area contributed by atoms with Crippen LogP contribution in [0.15, 0.2) is 76.1 Å². The number of hydrogen-bond acceptors (Lipinski definition) is 6. The van der Waals surface area contributed by atoms with Crippen LogP contribution in [0.4, 0.5) is 11.4 Å². The normalized spacial score (nSPS) is 13.6. The maximum absolute atomic E-state index is 11.8. The van der Waals surface area contributed by atoms with Gasteiger partial charge in [-0.05, 0) is 61.0 Å². The van der Waals surface area contributed by atoms with Crippen LogP contribution in [-0.2, 0) is 4.79 Å². The quantitative estimate of drug-likeness (QED) is 0.315. The van der Waals surface area contributed by atoms with E-state index in [4.69, 9.17) is 43.3 Å². The summed E-state index contributed by atoms with van der Waals surface area (Å²) in [4.78, 5) is 17.2. The molecule has 0 spiro atoms. The molecule has 0 bridgehead atoms. The molecule has 7 nitrogen and oxygen atoms in total. The zero-order valence-corrected chi connectivity index (χ0v) is 21.2. The standard InChI is InChI=1S/C26H17Cl2N5O2S/c1-15(17-4-2-16(12-29)3-5-17)32-33-23(18-6-9-24-22(10-18)31-25(34)13-35-24)14-36-26(33)30-19-7-8-20(27)21(28)11-19/h2-11,14H,13H2,1H3,(H,31,34). The Labute approximate surface area is 220 Å². The third-order valence-electron chi connectivity index (χ3n) is 5.40. The number of amides is 1. The van der Waals surface area contributed by atoms with Gasteiger partial charge in [-0.15, -0.1) is 11.3 Å². The van der Waals surface area contributed by atoms with E-state index in [0.717, 1.165) is 22.5 Å². The Morgan fingerprint density at radius 2 is 1.92 bits per heavy atom. The van der Waals surface area contributed by atoms with Crippen LogP contribution in [0.25, 0.3) is 11.3 Å². The van der Waals surface area contributed by atoms with E-state index in [-0.39, 0.29) is 12.5 Å². The molecule has 3 aromatic carbocycles. The molecule has 0 unspecified atom stereocenters. The Hall–Kier alpha value is -3.90. The second-order valence-corrected chi connectivity index (χ2v) is 9.50. The predicted octanol–water partition coefficient (Wildman–Crippen LogP) is 6.23. The van der Waals surface area contributed by atoms with Crippen LogP contribution in [0.3, 0.4) is 0 Å².